The van der Waals surface area contributed by atoms with Crippen molar-refractivity contribution in [3.63, 3.8) is 0 Å². The molecule has 0 fully saturated rings. The Morgan fingerprint density at radius 3 is 2.70 bits per heavy atom. The van der Waals surface area contributed by atoms with E-state index in [-0.39, 0.29) is 17.6 Å². The van der Waals surface area contributed by atoms with Gasteiger partial charge in [0.05, 0.1) is 6.04 Å². The Labute approximate surface area is 161 Å². The number of nitrogens with one attached hydrogen (secondary N) is 1. The van der Waals surface area contributed by atoms with Crippen molar-refractivity contribution in [3.05, 3.63) is 59.2 Å². The lowest BCUT2D eigenvalue weighted by Crippen LogP contribution is -2.45. The molecule has 0 bridgehead atoms. The van der Waals surface area contributed by atoms with E-state index in [0.717, 1.165) is 34.6 Å². The number of para-hydroxylation sites is 1. The molecule has 0 saturated carbocycles. The summed E-state index contributed by atoms with van der Waals surface area (Å²) in [6, 6.07) is 13.8. The highest BCUT2D eigenvalue weighted by Crippen LogP contribution is 2.40. The van der Waals surface area contributed by atoms with Gasteiger partial charge in [-0.1, -0.05) is 37.3 Å². The minimum absolute atomic E-state index is 0.0880. The molecule has 1 aliphatic rings. The Kier molecular flexibility index (Phi) is 5.45. The molecule has 2 atom stereocenters. The van der Waals surface area contributed by atoms with Gasteiger partial charge in [0, 0.05) is 12.0 Å². The molecular weight excluding hydrogens is 338 g/mol. The quantitative estimate of drug-likeness (QED) is 0.819. The van der Waals surface area contributed by atoms with Crippen LogP contribution in [0, 0.1) is 13.8 Å². The van der Waals surface area contributed by atoms with E-state index < -0.39 is 6.10 Å². The molecule has 0 saturated heterocycles. The van der Waals surface area contributed by atoms with Gasteiger partial charge in [-0.25, -0.2) is 0 Å². The number of fused-ring (bicyclic) bond motifs is 1. The largest absolute Gasteiger partial charge is 0.487 e. The molecular formula is C23H29NO3. The number of carbonyl (C=O) groups excluding carboxylic acids is 1. The van der Waals surface area contributed by atoms with Crippen molar-refractivity contribution in [2.45, 2.75) is 65.2 Å². The van der Waals surface area contributed by atoms with Gasteiger partial charge in [-0.2, -0.15) is 0 Å². The van der Waals surface area contributed by atoms with E-state index >= 15 is 0 Å². The summed E-state index contributed by atoms with van der Waals surface area (Å²) >= 11 is 0. The van der Waals surface area contributed by atoms with Gasteiger partial charge in [-0.05, 0) is 57.4 Å². The summed E-state index contributed by atoms with van der Waals surface area (Å²) in [5.41, 5.74) is 2.86. The minimum atomic E-state index is -0.522. The van der Waals surface area contributed by atoms with Crippen molar-refractivity contribution in [2.24, 2.45) is 0 Å². The molecule has 1 heterocycles. The van der Waals surface area contributed by atoms with E-state index in [0.29, 0.717) is 6.42 Å². The summed E-state index contributed by atoms with van der Waals surface area (Å²) in [7, 11) is 0. The molecule has 4 heteroatoms. The number of amides is 1. The maximum Gasteiger partial charge on any atom is 0.261 e. The first-order valence-electron chi connectivity index (χ1n) is 9.61. The van der Waals surface area contributed by atoms with Crippen molar-refractivity contribution in [1.82, 2.24) is 5.32 Å². The maximum atomic E-state index is 13.0. The molecule has 4 nitrogen and oxygen atoms in total. The third-order valence-electron chi connectivity index (χ3n) is 4.97. The number of rotatable bonds is 5. The van der Waals surface area contributed by atoms with Gasteiger partial charge in [-0.3, -0.25) is 4.79 Å². The van der Waals surface area contributed by atoms with Crippen LogP contribution < -0.4 is 14.8 Å². The number of benzene rings is 2. The molecule has 3 rings (SSSR count). The number of hydrogen-bond acceptors (Lipinski definition) is 3. The van der Waals surface area contributed by atoms with Crippen LogP contribution >= 0.6 is 0 Å². The molecule has 144 valence electrons. The second kappa shape index (κ2) is 7.63. The lowest BCUT2D eigenvalue weighted by Gasteiger charge is -2.38. The fourth-order valence-electron chi connectivity index (χ4n) is 3.52. The first-order valence-corrected chi connectivity index (χ1v) is 9.61. The summed E-state index contributed by atoms with van der Waals surface area (Å²) < 4.78 is 12.1. The number of ether oxygens (including phenoxy) is 2. The van der Waals surface area contributed by atoms with Crippen molar-refractivity contribution < 1.29 is 14.3 Å². The molecule has 0 unspecified atom stereocenters. The van der Waals surface area contributed by atoms with Crippen LogP contribution in [0.1, 0.15) is 56.3 Å². The first kappa shape index (κ1) is 19.3. The molecule has 2 aromatic carbocycles. The molecule has 1 N–H and O–H groups in total. The van der Waals surface area contributed by atoms with Crippen molar-refractivity contribution in [3.8, 4) is 11.5 Å². The zero-order valence-corrected chi connectivity index (χ0v) is 16.8. The Balaban J connectivity index is 1.79. The van der Waals surface area contributed by atoms with Gasteiger partial charge in [0.1, 0.15) is 17.1 Å². The Morgan fingerprint density at radius 1 is 1.26 bits per heavy atom. The van der Waals surface area contributed by atoms with Gasteiger partial charge in [0.15, 0.2) is 6.10 Å². The second-order valence-electron chi connectivity index (χ2n) is 7.95. The van der Waals surface area contributed by atoms with Crippen LogP contribution in [0.25, 0.3) is 0 Å². The predicted octanol–water partition coefficient (Wildman–Crippen LogP) is 4.88. The van der Waals surface area contributed by atoms with Crippen LogP contribution in [0.5, 0.6) is 11.5 Å². The van der Waals surface area contributed by atoms with Crippen LogP contribution in [0.15, 0.2) is 42.5 Å². The Bertz CT molecular complexity index is 828. The Morgan fingerprint density at radius 2 is 2.00 bits per heavy atom. The first-order chi connectivity index (χ1) is 12.8. The third-order valence-corrected chi connectivity index (χ3v) is 4.97. The number of aryl methyl sites for hydroxylation is 2. The molecule has 0 aromatic heterocycles. The molecule has 2 aromatic rings. The molecule has 1 aliphatic heterocycles. The summed E-state index contributed by atoms with van der Waals surface area (Å²) in [6.45, 7) is 10.1. The summed E-state index contributed by atoms with van der Waals surface area (Å²) in [5, 5.41) is 3.20. The number of hydrogen-bond donors (Lipinski definition) is 1. The molecule has 27 heavy (non-hydrogen) atoms. The van der Waals surface area contributed by atoms with E-state index in [4.69, 9.17) is 9.47 Å². The average molecular weight is 367 g/mol. The fraction of sp³-hybridized carbons (Fsp3) is 0.435. The number of carbonyl (C=O) groups is 1. The molecule has 0 spiro atoms. The van der Waals surface area contributed by atoms with Crippen LogP contribution in [0.4, 0.5) is 0 Å². The van der Waals surface area contributed by atoms with Gasteiger partial charge >= 0.3 is 0 Å². The van der Waals surface area contributed by atoms with E-state index in [9.17, 15) is 4.79 Å². The highest BCUT2D eigenvalue weighted by atomic mass is 16.5. The van der Waals surface area contributed by atoms with E-state index in [2.05, 4.69) is 25.2 Å². The average Bonchev–Trinajstić information content (AvgIpc) is 2.59. The van der Waals surface area contributed by atoms with Crippen LogP contribution in [0.3, 0.4) is 0 Å². The topological polar surface area (TPSA) is 47.6 Å². The summed E-state index contributed by atoms with van der Waals surface area (Å²) in [5.74, 6) is 1.52. The molecule has 0 radical (unpaired) electrons. The van der Waals surface area contributed by atoms with Crippen LogP contribution in [-0.4, -0.2) is 17.6 Å². The van der Waals surface area contributed by atoms with Gasteiger partial charge in [-0.15, -0.1) is 0 Å². The Hall–Kier alpha value is -2.49. The SMILES string of the molecule is CC[C@H](Oc1ccccc1C)C(=O)N[C@@H]1CC(C)(C)Oc2cc(C)ccc21. The zero-order chi connectivity index (χ0) is 19.6. The van der Waals surface area contributed by atoms with E-state index in [1.54, 1.807) is 0 Å². The smallest absolute Gasteiger partial charge is 0.261 e. The van der Waals surface area contributed by atoms with Gasteiger partial charge in [0.2, 0.25) is 0 Å². The molecule has 1 amide bonds. The predicted molar refractivity (Wildman–Crippen MR) is 107 cm³/mol. The van der Waals surface area contributed by atoms with Gasteiger partial charge < -0.3 is 14.8 Å². The zero-order valence-electron chi connectivity index (χ0n) is 16.8. The van der Waals surface area contributed by atoms with E-state index in [1.165, 1.54) is 0 Å². The lowest BCUT2D eigenvalue weighted by atomic mass is 9.89. The lowest BCUT2D eigenvalue weighted by molar-refractivity contribution is -0.129. The van der Waals surface area contributed by atoms with Crippen molar-refractivity contribution in [2.75, 3.05) is 0 Å². The van der Waals surface area contributed by atoms with Crippen LogP contribution in [0.2, 0.25) is 0 Å². The normalized spacial score (nSPS) is 18.8. The highest BCUT2D eigenvalue weighted by Gasteiger charge is 2.35. The summed E-state index contributed by atoms with van der Waals surface area (Å²) in [4.78, 5) is 13.0. The standard InChI is InChI=1S/C23H29NO3/c1-6-19(26-20-10-8-7-9-16(20)3)22(25)24-18-14-23(4,5)27-21-13-15(2)11-12-17(18)21/h7-13,18-19H,6,14H2,1-5H3,(H,24,25)/t18-,19+/m1/s1. The third kappa shape index (κ3) is 4.44. The maximum absolute atomic E-state index is 13.0. The van der Waals surface area contributed by atoms with Gasteiger partial charge in [0.25, 0.3) is 5.91 Å². The van der Waals surface area contributed by atoms with Crippen molar-refractivity contribution in [1.29, 1.82) is 0 Å². The monoisotopic (exact) mass is 367 g/mol. The highest BCUT2D eigenvalue weighted by molar-refractivity contribution is 5.81. The van der Waals surface area contributed by atoms with E-state index in [1.807, 2.05) is 57.2 Å². The summed E-state index contributed by atoms with van der Waals surface area (Å²) in [6.07, 6.45) is 0.800. The van der Waals surface area contributed by atoms with Crippen molar-refractivity contribution >= 4 is 5.91 Å². The fourth-order valence-corrected chi connectivity index (χ4v) is 3.52. The van der Waals surface area contributed by atoms with Crippen LogP contribution in [-0.2, 0) is 4.79 Å². The second-order valence-corrected chi connectivity index (χ2v) is 7.95. The molecule has 0 aliphatic carbocycles. The minimum Gasteiger partial charge on any atom is -0.487 e.